The van der Waals surface area contributed by atoms with Crippen LogP contribution in [0.5, 0.6) is 0 Å². The lowest BCUT2D eigenvalue weighted by Crippen LogP contribution is -2.27. The molecule has 0 N–H and O–H groups in total. The number of carbonyl (C=O) groups excluding carboxylic acids is 1. The Morgan fingerprint density at radius 1 is 1.19 bits per heavy atom. The number of nitrogens with zero attached hydrogens (tertiary/aromatic N) is 2. The molecule has 0 fully saturated rings. The monoisotopic (exact) mass is 350 g/mol. The Hall–Kier alpha value is -2.46. The number of benzene rings is 2. The number of hydrogen-bond acceptors (Lipinski definition) is 2. The Labute approximate surface area is 153 Å². The molecule has 4 heteroatoms. The van der Waals surface area contributed by atoms with Gasteiger partial charge in [0, 0.05) is 42.6 Å². The van der Waals surface area contributed by atoms with Gasteiger partial charge < -0.3 is 9.47 Å². The van der Waals surface area contributed by atoms with Gasteiger partial charge in [-0.2, -0.15) is 0 Å². The van der Waals surface area contributed by atoms with E-state index in [4.69, 9.17) is 0 Å². The van der Waals surface area contributed by atoms with Crippen LogP contribution in [-0.2, 0) is 13.0 Å². The van der Waals surface area contributed by atoms with Gasteiger partial charge in [-0.05, 0) is 49.9 Å². The summed E-state index contributed by atoms with van der Waals surface area (Å²) >= 11 is 0. The molecule has 0 amide bonds. The summed E-state index contributed by atoms with van der Waals surface area (Å²) in [4.78, 5) is 14.8. The predicted octanol–water partition coefficient (Wildman–Crippen LogP) is 4.66. The number of ketones is 1. The number of likely N-dealkylation sites (N-methyl/N-ethyl adjacent to an activating group) is 1. The van der Waals surface area contributed by atoms with E-state index in [9.17, 15) is 9.18 Å². The van der Waals surface area contributed by atoms with E-state index in [0.717, 1.165) is 25.0 Å². The molecular formula is C22H23FN2O. The normalized spacial score (nSPS) is 14.6. The fraction of sp³-hybridized carbons (Fsp3) is 0.318. The van der Waals surface area contributed by atoms with Crippen molar-refractivity contribution in [2.24, 2.45) is 0 Å². The topological polar surface area (TPSA) is 25.2 Å². The number of aryl methyl sites for hydroxylation is 1. The van der Waals surface area contributed by atoms with Gasteiger partial charge >= 0.3 is 0 Å². The van der Waals surface area contributed by atoms with Gasteiger partial charge in [-0.25, -0.2) is 4.39 Å². The van der Waals surface area contributed by atoms with Crippen LogP contribution in [-0.4, -0.2) is 28.8 Å². The molecule has 4 rings (SSSR count). The van der Waals surface area contributed by atoms with Gasteiger partial charge in [0.2, 0.25) is 0 Å². The van der Waals surface area contributed by atoms with Crippen molar-refractivity contribution in [1.29, 1.82) is 0 Å². The second-order valence-corrected chi connectivity index (χ2v) is 7.21. The van der Waals surface area contributed by atoms with Crippen LogP contribution < -0.4 is 0 Å². The van der Waals surface area contributed by atoms with E-state index < -0.39 is 0 Å². The molecule has 0 aliphatic carbocycles. The molecular weight excluding hydrogens is 327 g/mol. The molecule has 26 heavy (non-hydrogen) atoms. The summed E-state index contributed by atoms with van der Waals surface area (Å²) in [6.07, 6.45) is 1.29. The number of hydrogen-bond donors (Lipinski definition) is 0. The summed E-state index contributed by atoms with van der Waals surface area (Å²) in [6, 6.07) is 10.9. The maximum atomic E-state index is 14.1. The predicted molar refractivity (Wildman–Crippen MR) is 103 cm³/mol. The molecule has 3 aromatic rings. The summed E-state index contributed by atoms with van der Waals surface area (Å²) in [5.74, 6) is -0.279. The molecule has 0 bridgehead atoms. The zero-order valence-corrected chi connectivity index (χ0v) is 15.5. The van der Waals surface area contributed by atoms with E-state index in [-0.39, 0.29) is 11.6 Å². The second kappa shape index (κ2) is 6.36. The van der Waals surface area contributed by atoms with E-state index in [1.807, 2.05) is 6.92 Å². The summed E-state index contributed by atoms with van der Waals surface area (Å²) < 4.78 is 16.2. The van der Waals surface area contributed by atoms with E-state index in [0.29, 0.717) is 17.7 Å². The smallest absolute Gasteiger partial charge is 0.164 e. The van der Waals surface area contributed by atoms with Gasteiger partial charge in [-0.3, -0.25) is 4.79 Å². The minimum absolute atomic E-state index is 0.0376. The summed E-state index contributed by atoms with van der Waals surface area (Å²) in [6.45, 7) is 5.75. The van der Waals surface area contributed by atoms with Gasteiger partial charge in [0.15, 0.2) is 5.78 Å². The Bertz CT molecular complexity index is 1020. The van der Waals surface area contributed by atoms with Crippen LogP contribution in [0.25, 0.3) is 16.6 Å². The van der Waals surface area contributed by atoms with Gasteiger partial charge in [0.25, 0.3) is 0 Å². The summed E-state index contributed by atoms with van der Waals surface area (Å²) in [7, 11) is 2.12. The van der Waals surface area contributed by atoms with Crippen molar-refractivity contribution in [2.45, 2.75) is 33.2 Å². The van der Waals surface area contributed by atoms with Crippen molar-refractivity contribution in [3.63, 3.8) is 0 Å². The molecule has 0 spiro atoms. The number of carbonyl (C=O) groups is 1. The van der Waals surface area contributed by atoms with Crippen molar-refractivity contribution < 1.29 is 9.18 Å². The standard InChI is InChI=1S/C22H23FN2O/c1-4-22(26)16-7-6-15(23)12-21(16)25-19-8-5-14(2)11-17(19)18-13-24(3)10-9-20(18)25/h5-8,11-12H,4,9-10,13H2,1-3H3. The molecule has 0 unspecified atom stereocenters. The Morgan fingerprint density at radius 3 is 2.77 bits per heavy atom. The lowest BCUT2D eigenvalue weighted by atomic mass is 10.0. The maximum absolute atomic E-state index is 14.1. The van der Waals surface area contributed by atoms with Crippen LogP contribution in [0.4, 0.5) is 4.39 Å². The molecule has 0 radical (unpaired) electrons. The van der Waals surface area contributed by atoms with Crippen LogP contribution in [0.3, 0.4) is 0 Å². The quantitative estimate of drug-likeness (QED) is 0.642. The minimum atomic E-state index is -0.316. The minimum Gasteiger partial charge on any atom is -0.312 e. The van der Waals surface area contributed by atoms with Crippen LogP contribution >= 0.6 is 0 Å². The number of Topliss-reactive ketones (excluding diaryl/α,β-unsaturated/α-hetero) is 1. The Kier molecular flexibility index (Phi) is 4.16. The largest absolute Gasteiger partial charge is 0.312 e. The third-order valence-electron chi connectivity index (χ3n) is 5.32. The average molecular weight is 350 g/mol. The number of rotatable bonds is 3. The fourth-order valence-corrected chi connectivity index (χ4v) is 4.00. The van der Waals surface area contributed by atoms with E-state index in [1.165, 1.54) is 34.3 Å². The average Bonchev–Trinajstić information content (AvgIpc) is 2.94. The zero-order chi connectivity index (χ0) is 18.4. The van der Waals surface area contributed by atoms with Crippen LogP contribution in [0, 0.1) is 12.7 Å². The first-order chi connectivity index (χ1) is 12.5. The molecule has 1 aromatic heterocycles. The first-order valence-corrected chi connectivity index (χ1v) is 9.14. The number of halogens is 1. The second-order valence-electron chi connectivity index (χ2n) is 7.21. The van der Waals surface area contributed by atoms with Crippen molar-refractivity contribution >= 4 is 16.7 Å². The molecule has 134 valence electrons. The van der Waals surface area contributed by atoms with Crippen LogP contribution in [0.2, 0.25) is 0 Å². The van der Waals surface area contributed by atoms with Gasteiger partial charge in [0.1, 0.15) is 5.82 Å². The SMILES string of the molecule is CCC(=O)c1ccc(F)cc1-n1c2c(c3cc(C)ccc31)CN(C)CC2. The first kappa shape index (κ1) is 17.0. The Morgan fingerprint density at radius 2 is 2.00 bits per heavy atom. The lowest BCUT2D eigenvalue weighted by Gasteiger charge is -2.24. The van der Waals surface area contributed by atoms with Gasteiger partial charge in [0.05, 0.1) is 11.2 Å². The first-order valence-electron chi connectivity index (χ1n) is 9.14. The summed E-state index contributed by atoms with van der Waals surface area (Å²) in [5, 5.41) is 1.20. The van der Waals surface area contributed by atoms with Crippen molar-refractivity contribution in [2.75, 3.05) is 13.6 Å². The molecule has 2 heterocycles. The zero-order valence-electron chi connectivity index (χ0n) is 15.5. The Balaban J connectivity index is 2.08. The molecule has 0 atom stereocenters. The van der Waals surface area contributed by atoms with E-state index in [1.54, 1.807) is 6.07 Å². The molecule has 1 aliphatic heterocycles. The molecule has 3 nitrogen and oxygen atoms in total. The third kappa shape index (κ3) is 2.65. The van der Waals surface area contributed by atoms with Crippen LogP contribution in [0.1, 0.15) is 40.5 Å². The third-order valence-corrected chi connectivity index (χ3v) is 5.32. The van der Waals surface area contributed by atoms with Gasteiger partial charge in [-0.15, -0.1) is 0 Å². The highest BCUT2D eigenvalue weighted by atomic mass is 19.1. The van der Waals surface area contributed by atoms with Gasteiger partial charge in [-0.1, -0.05) is 18.6 Å². The highest BCUT2D eigenvalue weighted by Gasteiger charge is 2.25. The molecule has 0 saturated heterocycles. The van der Waals surface area contributed by atoms with Crippen molar-refractivity contribution in [3.05, 3.63) is 64.6 Å². The fourth-order valence-electron chi connectivity index (χ4n) is 4.00. The van der Waals surface area contributed by atoms with Crippen molar-refractivity contribution in [1.82, 2.24) is 9.47 Å². The summed E-state index contributed by atoms with van der Waals surface area (Å²) in [5.41, 5.74) is 5.99. The van der Waals surface area contributed by atoms with E-state index >= 15 is 0 Å². The number of aromatic nitrogens is 1. The molecule has 0 saturated carbocycles. The van der Waals surface area contributed by atoms with E-state index in [2.05, 4.69) is 41.6 Å². The highest BCUT2D eigenvalue weighted by Crippen LogP contribution is 2.35. The number of fused-ring (bicyclic) bond motifs is 3. The lowest BCUT2D eigenvalue weighted by molar-refractivity contribution is 0.0988. The van der Waals surface area contributed by atoms with Crippen LogP contribution in [0.15, 0.2) is 36.4 Å². The maximum Gasteiger partial charge on any atom is 0.164 e. The van der Waals surface area contributed by atoms with Crippen molar-refractivity contribution in [3.8, 4) is 5.69 Å². The molecule has 2 aromatic carbocycles. The molecule has 1 aliphatic rings. The highest BCUT2D eigenvalue weighted by molar-refractivity contribution is 6.00.